The van der Waals surface area contributed by atoms with E-state index >= 15 is 0 Å². The largest absolute Gasteiger partial charge is 0.481 e. The number of benzene rings is 1. The van der Waals surface area contributed by atoms with Crippen LogP contribution in [0.2, 0.25) is 0 Å². The van der Waals surface area contributed by atoms with Gasteiger partial charge in [0.2, 0.25) is 0 Å². The van der Waals surface area contributed by atoms with Crippen molar-refractivity contribution < 1.29 is 20.1 Å². The highest BCUT2D eigenvalue weighted by atomic mass is 16.4. The molecule has 4 heteroatoms. The highest BCUT2D eigenvalue weighted by molar-refractivity contribution is 5.66. The van der Waals surface area contributed by atoms with Crippen LogP contribution >= 0.6 is 0 Å². The molecule has 0 aromatic heterocycles. The third-order valence-electron chi connectivity index (χ3n) is 4.52. The Balaban J connectivity index is 0.00000466. The van der Waals surface area contributed by atoms with E-state index in [2.05, 4.69) is 56.7 Å². The van der Waals surface area contributed by atoms with E-state index in [1.165, 1.54) is 11.6 Å². The summed E-state index contributed by atoms with van der Waals surface area (Å²) < 4.78 is 0. The summed E-state index contributed by atoms with van der Waals surface area (Å²) >= 11 is 0. The van der Waals surface area contributed by atoms with Gasteiger partial charge in [0.25, 0.3) is 0 Å². The number of aliphatic hydroxyl groups excluding tert-OH is 2. The third kappa shape index (κ3) is 15.7. The summed E-state index contributed by atoms with van der Waals surface area (Å²) in [4.78, 5) is 10.5. The first-order valence-corrected chi connectivity index (χ1v) is 10.7. The van der Waals surface area contributed by atoms with Crippen LogP contribution in [0.15, 0.2) is 66.8 Å². The predicted molar refractivity (Wildman–Crippen MR) is 132 cm³/mol. The van der Waals surface area contributed by atoms with Crippen LogP contribution in [0.1, 0.15) is 51.5 Å². The number of hydrogen-bond acceptors (Lipinski definition) is 3. The monoisotopic (exact) mass is 436 g/mol. The number of aliphatic carboxylic acids is 1. The molecule has 0 amide bonds. The third-order valence-corrected chi connectivity index (χ3v) is 4.52. The van der Waals surface area contributed by atoms with Gasteiger partial charge in [0.05, 0.1) is 12.2 Å². The van der Waals surface area contributed by atoms with Gasteiger partial charge in [-0.3, -0.25) is 4.79 Å². The molecule has 0 aliphatic carbocycles. The Kier molecular flexibility index (Phi) is 15.9. The van der Waals surface area contributed by atoms with Gasteiger partial charge in [-0.15, -0.1) is 24.7 Å². The number of aliphatic hydroxyl groups is 2. The average Bonchev–Trinajstić information content (AvgIpc) is 2.77. The molecule has 1 aromatic rings. The van der Waals surface area contributed by atoms with Crippen LogP contribution in [0, 0.1) is 30.1 Å². The SMILES string of the molecule is C#C.CC(C)(\C=C/C=C/C=C/[C@@H](O)[C@@H](O)CCCC(=O)O)CC#CCCc1ccccc1. The fourth-order valence-corrected chi connectivity index (χ4v) is 2.67. The number of carbonyl (C=O) groups is 1. The lowest BCUT2D eigenvalue weighted by molar-refractivity contribution is -0.137. The molecule has 3 N–H and O–H groups in total. The first-order chi connectivity index (χ1) is 15.3. The zero-order valence-corrected chi connectivity index (χ0v) is 19.2. The Morgan fingerprint density at radius 2 is 1.72 bits per heavy atom. The molecule has 1 rings (SSSR count). The van der Waals surface area contributed by atoms with E-state index in [4.69, 9.17) is 5.11 Å². The van der Waals surface area contributed by atoms with E-state index in [0.717, 1.165) is 19.3 Å². The summed E-state index contributed by atoms with van der Waals surface area (Å²) in [5.41, 5.74) is 1.27. The van der Waals surface area contributed by atoms with Crippen LogP contribution in [-0.4, -0.2) is 33.5 Å². The van der Waals surface area contributed by atoms with Crippen LogP contribution in [0.5, 0.6) is 0 Å². The normalized spacial score (nSPS) is 13.3. The van der Waals surface area contributed by atoms with Gasteiger partial charge in [-0.2, -0.15) is 0 Å². The van der Waals surface area contributed by atoms with Crippen LogP contribution in [0.25, 0.3) is 0 Å². The highest BCUT2D eigenvalue weighted by Gasteiger charge is 2.13. The number of carboxylic acid groups (broad SMARTS) is 1. The van der Waals surface area contributed by atoms with Gasteiger partial charge in [0.1, 0.15) is 0 Å². The number of aryl methyl sites for hydroxylation is 1. The van der Waals surface area contributed by atoms with E-state index < -0.39 is 18.2 Å². The second-order valence-corrected chi connectivity index (χ2v) is 7.98. The van der Waals surface area contributed by atoms with Crippen molar-refractivity contribution in [1.82, 2.24) is 0 Å². The lowest BCUT2D eigenvalue weighted by Crippen LogP contribution is -2.23. The Morgan fingerprint density at radius 1 is 1.06 bits per heavy atom. The first-order valence-electron chi connectivity index (χ1n) is 10.7. The molecule has 0 saturated carbocycles. The average molecular weight is 437 g/mol. The summed E-state index contributed by atoms with van der Waals surface area (Å²) in [5.74, 6) is 5.61. The molecule has 0 radical (unpaired) electrons. The summed E-state index contributed by atoms with van der Waals surface area (Å²) in [6, 6.07) is 10.4. The Morgan fingerprint density at radius 3 is 2.38 bits per heavy atom. The van der Waals surface area contributed by atoms with Crippen molar-refractivity contribution in [2.24, 2.45) is 5.41 Å². The van der Waals surface area contributed by atoms with Crippen molar-refractivity contribution in [3.05, 3.63) is 72.4 Å². The van der Waals surface area contributed by atoms with Crippen molar-refractivity contribution in [3.63, 3.8) is 0 Å². The van der Waals surface area contributed by atoms with E-state index in [0.29, 0.717) is 6.42 Å². The second-order valence-electron chi connectivity index (χ2n) is 7.98. The molecule has 0 aliphatic rings. The van der Waals surface area contributed by atoms with Gasteiger partial charge in [-0.05, 0) is 30.2 Å². The van der Waals surface area contributed by atoms with Crippen molar-refractivity contribution in [1.29, 1.82) is 0 Å². The minimum Gasteiger partial charge on any atom is -0.481 e. The molecule has 2 atom stereocenters. The van der Waals surface area contributed by atoms with Gasteiger partial charge in [-0.25, -0.2) is 0 Å². The van der Waals surface area contributed by atoms with Crippen molar-refractivity contribution in [2.45, 2.75) is 64.6 Å². The molecule has 172 valence electrons. The maximum Gasteiger partial charge on any atom is 0.303 e. The van der Waals surface area contributed by atoms with Crippen LogP contribution in [0.3, 0.4) is 0 Å². The number of carboxylic acids is 1. The standard InChI is InChI=1S/C26H34O4.C2H2/c1-26(2,21-12-6-9-16-22-14-7-5-8-15-22)20-11-4-3-10-17-23(27)24(28)18-13-19-25(29)30;1-2/h3-5,7-8,10-11,14-15,17,20,23-24,27-28H,9,13,16,18-19,21H2,1-2H3,(H,29,30);1-2H/b4-3+,17-10+,20-11-;/t23-,24+;/m1./s1. The summed E-state index contributed by atoms with van der Waals surface area (Å²) in [7, 11) is 0. The maximum atomic E-state index is 10.5. The smallest absolute Gasteiger partial charge is 0.303 e. The molecule has 0 spiro atoms. The van der Waals surface area contributed by atoms with Crippen molar-refractivity contribution in [3.8, 4) is 24.7 Å². The minimum atomic E-state index is -1.00. The summed E-state index contributed by atoms with van der Waals surface area (Å²) in [6.07, 6.45) is 20.1. The van der Waals surface area contributed by atoms with Gasteiger partial charge < -0.3 is 15.3 Å². The van der Waals surface area contributed by atoms with E-state index in [1.54, 1.807) is 12.2 Å². The molecule has 0 aliphatic heterocycles. The van der Waals surface area contributed by atoms with Crippen molar-refractivity contribution in [2.75, 3.05) is 0 Å². The number of hydrogen-bond donors (Lipinski definition) is 3. The molecule has 0 heterocycles. The van der Waals surface area contributed by atoms with E-state index in [1.807, 2.05) is 30.4 Å². The Labute approximate surface area is 193 Å². The van der Waals surface area contributed by atoms with Gasteiger partial charge in [0, 0.05) is 19.3 Å². The number of allylic oxidation sites excluding steroid dienone is 5. The summed E-state index contributed by atoms with van der Waals surface area (Å²) in [5, 5.41) is 28.2. The maximum absolute atomic E-state index is 10.5. The zero-order chi connectivity index (χ0) is 24.2. The topological polar surface area (TPSA) is 77.8 Å². The molecular formula is C28H36O4. The molecule has 1 aromatic carbocycles. The zero-order valence-electron chi connectivity index (χ0n) is 19.2. The first kappa shape index (κ1) is 28.9. The van der Waals surface area contributed by atoms with Gasteiger partial charge in [0.15, 0.2) is 0 Å². The summed E-state index contributed by atoms with van der Waals surface area (Å²) in [6.45, 7) is 4.27. The Hall–Kier alpha value is -3.05. The lowest BCUT2D eigenvalue weighted by atomic mass is 9.89. The molecule has 0 fully saturated rings. The number of rotatable bonds is 12. The molecular weight excluding hydrogens is 400 g/mol. The number of terminal acetylenes is 1. The van der Waals surface area contributed by atoms with Crippen LogP contribution in [-0.2, 0) is 11.2 Å². The van der Waals surface area contributed by atoms with Gasteiger partial charge >= 0.3 is 5.97 Å². The quantitative estimate of drug-likeness (QED) is 0.321. The highest BCUT2D eigenvalue weighted by Crippen LogP contribution is 2.21. The van der Waals surface area contributed by atoms with Crippen molar-refractivity contribution >= 4 is 5.97 Å². The van der Waals surface area contributed by atoms with Crippen LogP contribution in [0.4, 0.5) is 0 Å². The predicted octanol–water partition coefficient (Wildman–Crippen LogP) is 4.93. The fraction of sp³-hybridized carbons (Fsp3) is 0.393. The second kappa shape index (κ2) is 17.6. The molecule has 0 unspecified atom stereocenters. The molecule has 0 saturated heterocycles. The van der Waals surface area contributed by atoms with E-state index in [9.17, 15) is 15.0 Å². The van der Waals surface area contributed by atoms with Crippen LogP contribution < -0.4 is 0 Å². The van der Waals surface area contributed by atoms with E-state index in [-0.39, 0.29) is 18.3 Å². The minimum absolute atomic E-state index is 0.00855. The molecule has 32 heavy (non-hydrogen) atoms. The molecule has 4 nitrogen and oxygen atoms in total. The Bertz CT molecular complexity index is 804. The van der Waals surface area contributed by atoms with Gasteiger partial charge in [-0.1, -0.05) is 80.6 Å². The molecule has 0 bridgehead atoms. The fourth-order valence-electron chi connectivity index (χ4n) is 2.67. The lowest BCUT2D eigenvalue weighted by Gasteiger charge is -2.15.